The lowest BCUT2D eigenvalue weighted by Gasteiger charge is -2.64. The minimum absolute atomic E-state index is 0.0501. The second kappa shape index (κ2) is 15.3. The van der Waals surface area contributed by atoms with Crippen molar-refractivity contribution in [1.82, 2.24) is 21.3 Å². The molecule has 9 nitrogen and oxygen atoms in total. The molecule has 10 heteroatoms. The number of carbonyl (C=O) groups excluding carboxylic acids is 2. The van der Waals surface area contributed by atoms with Crippen molar-refractivity contribution < 1.29 is 18.9 Å². The van der Waals surface area contributed by atoms with Crippen molar-refractivity contribution in [3.63, 3.8) is 0 Å². The van der Waals surface area contributed by atoms with Crippen molar-refractivity contribution in [2.45, 2.75) is 143 Å². The summed E-state index contributed by atoms with van der Waals surface area (Å²) in [5.41, 5.74) is -0.0891. The van der Waals surface area contributed by atoms with Gasteiger partial charge in [-0.25, -0.2) is 0 Å². The minimum Gasteiger partial charge on any atom is -0.404 e. The van der Waals surface area contributed by atoms with Crippen molar-refractivity contribution in [2.75, 3.05) is 13.6 Å². The summed E-state index contributed by atoms with van der Waals surface area (Å²) < 4.78 is 13.3. The molecule has 4 fully saturated rings. The van der Waals surface area contributed by atoms with E-state index in [4.69, 9.17) is 14.7 Å². The maximum Gasteiger partial charge on any atom is 0.481 e. The van der Waals surface area contributed by atoms with Crippen LogP contribution in [0.3, 0.4) is 0 Å². The fourth-order valence-corrected chi connectivity index (χ4v) is 7.62. The average Bonchev–Trinajstić information content (AvgIpc) is 3.31. The summed E-state index contributed by atoms with van der Waals surface area (Å²) in [6.07, 6.45) is 9.91. The summed E-state index contributed by atoms with van der Waals surface area (Å²) in [5, 5.41) is 19.8. The van der Waals surface area contributed by atoms with Gasteiger partial charge in [-0.2, -0.15) is 0 Å². The lowest BCUT2D eigenvalue weighted by atomic mass is 9.43. The van der Waals surface area contributed by atoms with Gasteiger partial charge in [-0.3, -0.25) is 15.0 Å². The summed E-state index contributed by atoms with van der Waals surface area (Å²) in [5.74, 6) is 1.66. The molecule has 4 aliphatic rings. The van der Waals surface area contributed by atoms with Gasteiger partial charge in [-0.05, 0) is 74.5 Å². The van der Waals surface area contributed by atoms with Gasteiger partial charge in [0.05, 0.1) is 17.6 Å². The average molecular weight is 590 g/mol. The monoisotopic (exact) mass is 589 g/mol. The maximum atomic E-state index is 13.8. The van der Waals surface area contributed by atoms with Crippen LogP contribution in [0.15, 0.2) is 0 Å². The van der Waals surface area contributed by atoms with Gasteiger partial charge in [-0.1, -0.05) is 67.2 Å². The number of nitrogens with one attached hydrogen (secondary N) is 5. The lowest BCUT2D eigenvalue weighted by molar-refractivity contribution is -0.199. The van der Waals surface area contributed by atoms with Crippen molar-refractivity contribution in [1.29, 1.82) is 5.41 Å². The predicted octanol–water partition coefficient (Wildman–Crippen LogP) is 4.79. The fourth-order valence-electron chi connectivity index (χ4n) is 7.62. The van der Waals surface area contributed by atoms with Gasteiger partial charge in [0.1, 0.15) is 6.04 Å². The van der Waals surface area contributed by atoms with Crippen LogP contribution in [0.5, 0.6) is 0 Å². The smallest absolute Gasteiger partial charge is 0.404 e. The highest BCUT2D eigenvalue weighted by Crippen LogP contribution is 2.65. The molecule has 0 radical (unpaired) electrons. The number of carbonyl (C=O) groups is 2. The Kier molecular flexibility index (Phi) is 12.6. The van der Waals surface area contributed by atoms with E-state index < -0.39 is 13.2 Å². The first-order valence-corrected chi connectivity index (χ1v) is 16.8. The summed E-state index contributed by atoms with van der Waals surface area (Å²) in [6.45, 7) is 16.1. The quantitative estimate of drug-likeness (QED) is 0.0720. The molecule has 240 valence electrons. The summed E-state index contributed by atoms with van der Waals surface area (Å²) in [6, 6.07) is -0.653. The van der Waals surface area contributed by atoms with Crippen molar-refractivity contribution in [3.05, 3.63) is 0 Å². The van der Waals surface area contributed by atoms with Gasteiger partial charge >= 0.3 is 7.12 Å². The van der Waals surface area contributed by atoms with Gasteiger partial charge in [0.15, 0.2) is 5.96 Å². The molecule has 5 N–H and O–H groups in total. The molecule has 0 aromatic rings. The second-order valence-corrected chi connectivity index (χ2v) is 14.4. The Bertz CT molecular complexity index is 917. The standard InChI is InChI=1S/C32H60BN5O4/c1-9-11-13-22(10-2)15-16-28(39)37-24(14-12-17-36-30(34)35-8)29(40)38-27(18-21(3)4)33-41-26-20-23-19-25(31(23,5)6)32(26,7)42-33/h21-27H,9-20H2,1-8H3,(H,37,39)(H,38,40)(H3,34,35,36)/t22?,23-,24-,25-,26+,27-,32-/m0/s1. The molecular weight excluding hydrogens is 529 g/mol. The van der Waals surface area contributed by atoms with Crippen molar-refractivity contribution >= 4 is 24.9 Å². The molecule has 1 saturated heterocycles. The Morgan fingerprint density at radius 2 is 1.79 bits per heavy atom. The molecule has 0 aromatic heterocycles. The van der Waals surface area contributed by atoms with E-state index in [-0.39, 0.29) is 40.8 Å². The molecule has 0 aromatic carbocycles. The molecular formula is C32H60BN5O4. The highest BCUT2D eigenvalue weighted by atomic mass is 16.7. The van der Waals surface area contributed by atoms with E-state index in [0.29, 0.717) is 49.5 Å². The zero-order valence-electron chi connectivity index (χ0n) is 27.7. The van der Waals surface area contributed by atoms with Crippen LogP contribution < -0.4 is 21.3 Å². The van der Waals surface area contributed by atoms with Crippen LogP contribution in [0, 0.1) is 34.5 Å². The number of amides is 2. The van der Waals surface area contributed by atoms with E-state index >= 15 is 0 Å². The molecule has 0 spiro atoms. The molecule has 1 unspecified atom stereocenters. The van der Waals surface area contributed by atoms with Crippen molar-refractivity contribution in [2.24, 2.45) is 29.1 Å². The second-order valence-electron chi connectivity index (χ2n) is 14.4. The van der Waals surface area contributed by atoms with Crippen LogP contribution in [0.25, 0.3) is 0 Å². The molecule has 7 atom stereocenters. The van der Waals surface area contributed by atoms with Crippen LogP contribution in [-0.2, 0) is 18.9 Å². The first-order chi connectivity index (χ1) is 19.8. The van der Waals surface area contributed by atoms with Crippen LogP contribution in [0.4, 0.5) is 0 Å². The number of guanidine groups is 1. The molecule has 1 aliphatic heterocycles. The molecule has 4 rings (SSSR count). The third-order valence-electron chi connectivity index (χ3n) is 10.5. The molecule has 3 saturated carbocycles. The summed E-state index contributed by atoms with van der Waals surface area (Å²) >= 11 is 0. The number of rotatable bonds is 17. The van der Waals surface area contributed by atoms with Gasteiger partial charge in [-0.15, -0.1) is 0 Å². The molecule has 2 amide bonds. The minimum atomic E-state index is -0.653. The van der Waals surface area contributed by atoms with Gasteiger partial charge in [0.25, 0.3) is 0 Å². The molecule has 1 heterocycles. The zero-order valence-corrected chi connectivity index (χ0v) is 27.7. The van der Waals surface area contributed by atoms with Crippen LogP contribution in [-0.4, -0.2) is 62.2 Å². The Balaban J connectivity index is 1.66. The number of hydrogen-bond donors (Lipinski definition) is 5. The van der Waals surface area contributed by atoms with Crippen LogP contribution >= 0.6 is 0 Å². The Morgan fingerprint density at radius 3 is 2.40 bits per heavy atom. The topological polar surface area (TPSA) is 125 Å². The summed E-state index contributed by atoms with van der Waals surface area (Å²) in [7, 11) is 1.19. The van der Waals surface area contributed by atoms with E-state index in [9.17, 15) is 9.59 Å². The first kappa shape index (κ1) is 34.7. The molecule has 42 heavy (non-hydrogen) atoms. The molecule has 3 aliphatic carbocycles. The fraction of sp³-hybridized carbons (Fsp3) is 0.906. The maximum absolute atomic E-state index is 13.8. The van der Waals surface area contributed by atoms with Gasteiger partial charge < -0.3 is 30.6 Å². The Hall–Kier alpha value is -1.81. The van der Waals surface area contributed by atoms with Crippen LogP contribution in [0.1, 0.15) is 119 Å². The third kappa shape index (κ3) is 8.43. The zero-order chi connectivity index (χ0) is 31.1. The Morgan fingerprint density at radius 1 is 1.05 bits per heavy atom. The highest BCUT2D eigenvalue weighted by molar-refractivity contribution is 6.48. The SMILES string of the molecule is CCCCC(CC)CCC(=O)N[C@@H](CCCNC(=N)NC)C(=O)N[C@@H](CC(C)C)B1O[C@@H]2C[C@@H]3C[C@@H](C3(C)C)[C@]2(C)O1. The Labute approximate surface area is 255 Å². The number of hydrogen-bond acceptors (Lipinski definition) is 5. The highest BCUT2D eigenvalue weighted by Gasteiger charge is 2.68. The van der Waals surface area contributed by atoms with E-state index in [1.807, 2.05) is 0 Å². The normalized spacial score (nSPS) is 27.8. The van der Waals surface area contributed by atoms with Crippen LogP contribution in [0.2, 0.25) is 0 Å². The van der Waals surface area contributed by atoms with E-state index in [2.05, 4.69) is 69.7 Å². The van der Waals surface area contributed by atoms with Crippen molar-refractivity contribution in [3.8, 4) is 0 Å². The summed E-state index contributed by atoms with van der Waals surface area (Å²) in [4.78, 5) is 26.9. The third-order valence-corrected chi connectivity index (χ3v) is 10.5. The van der Waals surface area contributed by atoms with E-state index in [0.717, 1.165) is 38.5 Å². The van der Waals surface area contributed by atoms with Gasteiger partial charge in [0, 0.05) is 20.0 Å². The first-order valence-electron chi connectivity index (χ1n) is 16.8. The molecule has 2 bridgehead atoms. The number of unbranched alkanes of at least 4 members (excludes halogenated alkanes) is 1. The predicted molar refractivity (Wildman–Crippen MR) is 170 cm³/mol. The largest absolute Gasteiger partial charge is 0.481 e. The van der Waals surface area contributed by atoms with E-state index in [1.54, 1.807) is 7.05 Å². The lowest BCUT2D eigenvalue weighted by Crippen LogP contribution is -2.65. The van der Waals surface area contributed by atoms with E-state index in [1.165, 1.54) is 12.8 Å². The van der Waals surface area contributed by atoms with Gasteiger partial charge in [0.2, 0.25) is 11.8 Å².